The molecule has 5 heteroatoms. The van der Waals surface area contributed by atoms with Gasteiger partial charge >= 0.3 is 0 Å². The largest absolute Gasteiger partial charge is 0.316 e. The number of carbonyl (C=O) groups is 1. The van der Waals surface area contributed by atoms with Crippen LogP contribution in [0.2, 0.25) is 0 Å². The number of carbonyl (C=O) groups excluding carboxylic acids is 1. The van der Waals surface area contributed by atoms with Crippen LogP contribution in [0.1, 0.15) is 28.5 Å². The number of hydrogen-bond acceptors (Lipinski definition) is 4. The molecule has 3 heterocycles. The predicted molar refractivity (Wildman–Crippen MR) is 58.6 cm³/mol. The van der Waals surface area contributed by atoms with Gasteiger partial charge in [0.15, 0.2) is 11.9 Å². The maximum Gasteiger partial charge on any atom is 0.160 e. The number of nitrogens with one attached hydrogen (secondary N) is 1. The van der Waals surface area contributed by atoms with Crippen molar-refractivity contribution in [3.8, 4) is 0 Å². The first-order valence-electron chi connectivity index (χ1n) is 5.39. The topological polar surface area (TPSA) is 59.3 Å². The molecule has 1 fully saturated rings. The van der Waals surface area contributed by atoms with Crippen LogP contribution < -0.4 is 5.32 Å². The summed E-state index contributed by atoms with van der Waals surface area (Å²) in [4.78, 5) is 10.7. The van der Waals surface area contributed by atoms with Crippen molar-refractivity contribution in [3.05, 3.63) is 29.7 Å². The molecule has 5 nitrogen and oxygen atoms in total. The summed E-state index contributed by atoms with van der Waals surface area (Å²) in [6.07, 6.45) is 3.72. The summed E-state index contributed by atoms with van der Waals surface area (Å²) in [5, 5.41) is 11.6. The average Bonchev–Trinajstić information content (AvgIpc) is 2.96. The van der Waals surface area contributed by atoms with Gasteiger partial charge in [0.05, 0.1) is 0 Å². The van der Waals surface area contributed by atoms with Crippen LogP contribution >= 0.6 is 0 Å². The summed E-state index contributed by atoms with van der Waals surface area (Å²) in [6, 6.07) is 3.58. The van der Waals surface area contributed by atoms with Gasteiger partial charge in [-0.2, -0.15) is 0 Å². The number of aldehydes is 1. The fourth-order valence-electron chi connectivity index (χ4n) is 2.15. The Bertz CT molecular complexity index is 528. The van der Waals surface area contributed by atoms with Gasteiger partial charge in [-0.05, 0) is 25.1 Å². The highest BCUT2D eigenvalue weighted by Gasteiger charge is 2.21. The molecule has 1 N–H and O–H groups in total. The highest BCUT2D eigenvalue weighted by Crippen LogP contribution is 2.21. The van der Waals surface area contributed by atoms with Gasteiger partial charge in [0.25, 0.3) is 0 Å². The Morgan fingerprint density at radius 1 is 1.44 bits per heavy atom. The molecule has 0 spiro atoms. The Morgan fingerprint density at radius 2 is 2.38 bits per heavy atom. The molecule has 1 saturated heterocycles. The quantitative estimate of drug-likeness (QED) is 0.747. The Kier molecular flexibility index (Phi) is 2.18. The fraction of sp³-hybridized carbons (Fsp3) is 0.364. The SMILES string of the molecule is O=Cc1ccc2nnc(C3CCNC3)n2c1. The third-order valence-electron chi connectivity index (χ3n) is 3.01. The summed E-state index contributed by atoms with van der Waals surface area (Å²) in [7, 11) is 0. The lowest BCUT2D eigenvalue weighted by Gasteiger charge is -2.05. The highest BCUT2D eigenvalue weighted by molar-refractivity contribution is 5.74. The zero-order valence-electron chi connectivity index (χ0n) is 8.76. The summed E-state index contributed by atoms with van der Waals surface area (Å²) in [5.74, 6) is 1.35. The molecule has 1 atom stereocenters. The van der Waals surface area contributed by atoms with Crippen LogP contribution in [-0.4, -0.2) is 34.0 Å². The summed E-state index contributed by atoms with van der Waals surface area (Å²) >= 11 is 0. The number of hydrogen-bond donors (Lipinski definition) is 1. The first kappa shape index (κ1) is 9.47. The van der Waals surface area contributed by atoms with E-state index in [1.54, 1.807) is 12.3 Å². The average molecular weight is 216 g/mol. The molecular formula is C11H12N4O. The van der Waals surface area contributed by atoms with E-state index in [0.717, 1.165) is 37.3 Å². The second kappa shape index (κ2) is 3.68. The Morgan fingerprint density at radius 3 is 3.12 bits per heavy atom. The minimum Gasteiger partial charge on any atom is -0.316 e. The van der Waals surface area contributed by atoms with Crippen molar-refractivity contribution in [1.29, 1.82) is 0 Å². The van der Waals surface area contributed by atoms with Crippen LogP contribution in [0.5, 0.6) is 0 Å². The van der Waals surface area contributed by atoms with Gasteiger partial charge in [-0.1, -0.05) is 0 Å². The minimum atomic E-state index is 0.400. The normalized spacial score (nSPS) is 20.4. The fourth-order valence-corrected chi connectivity index (χ4v) is 2.15. The van der Waals surface area contributed by atoms with E-state index in [0.29, 0.717) is 11.5 Å². The lowest BCUT2D eigenvalue weighted by molar-refractivity contribution is 0.112. The minimum absolute atomic E-state index is 0.400. The molecule has 0 bridgehead atoms. The van der Waals surface area contributed by atoms with Gasteiger partial charge in [-0.15, -0.1) is 10.2 Å². The van der Waals surface area contributed by atoms with Crippen molar-refractivity contribution < 1.29 is 4.79 Å². The molecule has 2 aromatic rings. The summed E-state index contributed by atoms with van der Waals surface area (Å²) < 4.78 is 1.92. The van der Waals surface area contributed by atoms with Gasteiger partial charge in [-0.25, -0.2) is 0 Å². The van der Waals surface area contributed by atoms with Gasteiger partial charge in [0.2, 0.25) is 0 Å². The number of aromatic nitrogens is 3. The van der Waals surface area contributed by atoms with E-state index in [-0.39, 0.29) is 0 Å². The van der Waals surface area contributed by atoms with Crippen LogP contribution in [0.4, 0.5) is 0 Å². The second-order valence-corrected chi connectivity index (χ2v) is 4.06. The zero-order valence-corrected chi connectivity index (χ0v) is 8.76. The van der Waals surface area contributed by atoms with Crippen molar-refractivity contribution in [1.82, 2.24) is 19.9 Å². The van der Waals surface area contributed by atoms with E-state index >= 15 is 0 Å². The summed E-state index contributed by atoms with van der Waals surface area (Å²) in [5.41, 5.74) is 1.45. The van der Waals surface area contributed by atoms with E-state index in [1.807, 2.05) is 10.5 Å². The van der Waals surface area contributed by atoms with Crippen molar-refractivity contribution in [3.63, 3.8) is 0 Å². The monoisotopic (exact) mass is 216 g/mol. The maximum absolute atomic E-state index is 10.7. The van der Waals surface area contributed by atoms with Crippen molar-refractivity contribution in [2.24, 2.45) is 0 Å². The third-order valence-corrected chi connectivity index (χ3v) is 3.01. The molecule has 2 aromatic heterocycles. The first-order valence-corrected chi connectivity index (χ1v) is 5.39. The third kappa shape index (κ3) is 1.40. The smallest absolute Gasteiger partial charge is 0.160 e. The molecule has 1 aliphatic heterocycles. The Balaban J connectivity index is 2.13. The first-order chi connectivity index (χ1) is 7.88. The van der Waals surface area contributed by atoms with E-state index in [1.165, 1.54) is 0 Å². The molecule has 1 unspecified atom stereocenters. The molecule has 0 amide bonds. The van der Waals surface area contributed by atoms with Gasteiger partial charge < -0.3 is 5.32 Å². The Hall–Kier alpha value is -1.75. The van der Waals surface area contributed by atoms with Crippen LogP contribution in [-0.2, 0) is 0 Å². The molecule has 0 aliphatic carbocycles. The molecular weight excluding hydrogens is 204 g/mol. The van der Waals surface area contributed by atoms with Crippen molar-refractivity contribution >= 4 is 11.9 Å². The zero-order chi connectivity index (χ0) is 11.0. The van der Waals surface area contributed by atoms with Crippen LogP contribution in [0.25, 0.3) is 5.65 Å². The predicted octanol–water partition coefficient (Wildman–Crippen LogP) is 0.619. The van der Waals surface area contributed by atoms with Crippen LogP contribution in [0, 0.1) is 0 Å². The number of rotatable bonds is 2. The van der Waals surface area contributed by atoms with E-state index in [4.69, 9.17) is 0 Å². The molecule has 0 aromatic carbocycles. The lowest BCUT2D eigenvalue weighted by Crippen LogP contribution is -2.10. The van der Waals surface area contributed by atoms with Crippen molar-refractivity contribution in [2.75, 3.05) is 13.1 Å². The number of nitrogens with zero attached hydrogens (tertiary/aromatic N) is 3. The standard InChI is InChI=1S/C11H12N4O/c16-7-8-1-2-10-13-14-11(15(10)6-8)9-3-4-12-5-9/h1-2,6-7,9,12H,3-5H2. The molecule has 0 radical (unpaired) electrons. The highest BCUT2D eigenvalue weighted by atomic mass is 16.1. The van der Waals surface area contributed by atoms with Crippen molar-refractivity contribution in [2.45, 2.75) is 12.3 Å². The van der Waals surface area contributed by atoms with Gasteiger partial charge in [0, 0.05) is 24.2 Å². The summed E-state index contributed by atoms with van der Waals surface area (Å²) in [6.45, 7) is 1.96. The second-order valence-electron chi connectivity index (χ2n) is 4.06. The maximum atomic E-state index is 10.7. The molecule has 1 aliphatic rings. The van der Waals surface area contributed by atoms with Crippen LogP contribution in [0.15, 0.2) is 18.3 Å². The van der Waals surface area contributed by atoms with E-state index in [9.17, 15) is 4.79 Å². The molecule has 0 saturated carbocycles. The van der Waals surface area contributed by atoms with Crippen LogP contribution in [0.3, 0.4) is 0 Å². The molecule has 16 heavy (non-hydrogen) atoms. The van der Waals surface area contributed by atoms with E-state index < -0.39 is 0 Å². The van der Waals surface area contributed by atoms with E-state index in [2.05, 4.69) is 15.5 Å². The number of pyridine rings is 1. The van der Waals surface area contributed by atoms with Gasteiger partial charge in [0.1, 0.15) is 5.82 Å². The van der Waals surface area contributed by atoms with Gasteiger partial charge in [-0.3, -0.25) is 9.20 Å². The molecule has 82 valence electrons. The lowest BCUT2D eigenvalue weighted by atomic mass is 10.1. The Labute approximate surface area is 92.5 Å². The number of fused-ring (bicyclic) bond motifs is 1. The molecule has 3 rings (SSSR count).